The number of ether oxygens (including phenoxy) is 1. The Hall–Kier alpha value is 0.270. The summed E-state index contributed by atoms with van der Waals surface area (Å²) >= 11 is 3.68. The van der Waals surface area contributed by atoms with E-state index in [0.29, 0.717) is 0 Å². The lowest BCUT2D eigenvalue weighted by atomic mass is 10.8. The Bertz CT molecular complexity index is 30.0. The maximum atomic E-state index is 8.28. The average Bonchev–Trinajstić information content (AvgIpc) is 1.35. The molecule has 1 unspecified atom stereocenters. The van der Waals surface area contributed by atoms with Crippen LogP contribution in [0.1, 0.15) is 6.92 Å². The standard InChI is InChI=1S/C3H8O2S/c1-3(4)5-2-6/h3-4,6H,2H2,1H3. The molecule has 38 valence electrons. The highest BCUT2D eigenvalue weighted by Crippen LogP contribution is 1.83. The van der Waals surface area contributed by atoms with Crippen LogP contribution in [0.15, 0.2) is 0 Å². The van der Waals surface area contributed by atoms with Gasteiger partial charge in [-0.1, -0.05) is 0 Å². The van der Waals surface area contributed by atoms with Crippen LogP contribution in [0, 0.1) is 0 Å². The predicted molar refractivity (Wildman–Crippen MR) is 26.6 cm³/mol. The van der Waals surface area contributed by atoms with Crippen LogP contribution >= 0.6 is 12.6 Å². The van der Waals surface area contributed by atoms with Crippen LogP contribution in [0.3, 0.4) is 0 Å². The molecule has 0 bridgehead atoms. The third-order valence-corrected chi connectivity index (χ3v) is 0.465. The van der Waals surface area contributed by atoms with Gasteiger partial charge in [0.05, 0.1) is 5.94 Å². The molecule has 0 aromatic carbocycles. The topological polar surface area (TPSA) is 29.5 Å². The minimum atomic E-state index is -0.678. The summed E-state index contributed by atoms with van der Waals surface area (Å²) in [7, 11) is 0. The molecule has 1 N–H and O–H groups in total. The van der Waals surface area contributed by atoms with Gasteiger partial charge in [0.2, 0.25) is 0 Å². The lowest BCUT2D eigenvalue weighted by molar-refractivity contribution is -0.0649. The molecule has 0 spiro atoms. The maximum Gasteiger partial charge on any atom is 0.152 e. The van der Waals surface area contributed by atoms with Crippen molar-refractivity contribution in [3.63, 3.8) is 0 Å². The molecular weight excluding hydrogens is 100 g/mol. The molecule has 0 saturated heterocycles. The highest BCUT2D eigenvalue weighted by Gasteiger charge is 1.85. The number of rotatable bonds is 2. The second kappa shape index (κ2) is 3.46. The average molecular weight is 108 g/mol. The molecule has 0 aliphatic heterocycles. The molecule has 0 amide bonds. The third-order valence-electron chi connectivity index (χ3n) is 0.316. The van der Waals surface area contributed by atoms with Gasteiger partial charge in [0.1, 0.15) is 0 Å². The van der Waals surface area contributed by atoms with Gasteiger partial charge in [-0.2, -0.15) is 12.6 Å². The summed E-state index contributed by atoms with van der Waals surface area (Å²) in [6.45, 7) is 1.54. The number of thiol groups is 1. The zero-order valence-corrected chi connectivity index (χ0v) is 4.48. The Labute approximate surface area is 42.5 Å². The zero-order valence-electron chi connectivity index (χ0n) is 3.59. The lowest BCUT2D eigenvalue weighted by Crippen LogP contribution is -2.03. The number of aliphatic hydroxyl groups is 1. The smallest absolute Gasteiger partial charge is 0.152 e. The molecule has 2 nitrogen and oxygen atoms in total. The summed E-state index contributed by atoms with van der Waals surface area (Å²) in [6, 6.07) is 0. The first-order valence-corrected chi connectivity index (χ1v) is 2.31. The highest BCUT2D eigenvalue weighted by atomic mass is 32.1. The number of aliphatic hydroxyl groups excluding tert-OH is 1. The zero-order chi connectivity index (χ0) is 4.99. The van der Waals surface area contributed by atoms with E-state index in [0.717, 1.165) is 0 Å². The van der Waals surface area contributed by atoms with Gasteiger partial charge in [0, 0.05) is 0 Å². The lowest BCUT2D eigenvalue weighted by Gasteiger charge is -1.98. The van der Waals surface area contributed by atoms with Crippen molar-refractivity contribution in [1.29, 1.82) is 0 Å². The van der Waals surface area contributed by atoms with E-state index in [1.165, 1.54) is 6.92 Å². The number of hydrogen-bond donors (Lipinski definition) is 2. The molecule has 0 rings (SSSR count). The van der Waals surface area contributed by atoms with E-state index in [1.54, 1.807) is 0 Å². The second-order valence-electron chi connectivity index (χ2n) is 0.895. The first kappa shape index (κ1) is 6.27. The van der Waals surface area contributed by atoms with Crippen LogP contribution in [-0.2, 0) is 4.74 Å². The van der Waals surface area contributed by atoms with Gasteiger partial charge in [0.15, 0.2) is 6.29 Å². The van der Waals surface area contributed by atoms with Crippen molar-refractivity contribution in [3.05, 3.63) is 0 Å². The van der Waals surface area contributed by atoms with Gasteiger partial charge >= 0.3 is 0 Å². The van der Waals surface area contributed by atoms with Crippen molar-refractivity contribution in [2.24, 2.45) is 0 Å². The number of hydrogen-bond acceptors (Lipinski definition) is 3. The normalized spacial score (nSPS) is 14.5. The highest BCUT2D eigenvalue weighted by molar-refractivity contribution is 7.80. The molecule has 3 heteroatoms. The molecule has 0 aromatic heterocycles. The molecule has 0 radical (unpaired) electrons. The third kappa shape index (κ3) is 4.27. The Morgan fingerprint density at radius 2 is 2.50 bits per heavy atom. The van der Waals surface area contributed by atoms with E-state index in [4.69, 9.17) is 5.11 Å². The van der Waals surface area contributed by atoms with Gasteiger partial charge in [-0.05, 0) is 6.92 Å². The fourth-order valence-corrected chi connectivity index (χ4v) is 0.324. The van der Waals surface area contributed by atoms with Gasteiger partial charge < -0.3 is 9.84 Å². The second-order valence-corrected chi connectivity index (χ2v) is 1.15. The van der Waals surface area contributed by atoms with E-state index in [9.17, 15) is 0 Å². The van der Waals surface area contributed by atoms with Gasteiger partial charge in [0.25, 0.3) is 0 Å². The Balaban J connectivity index is 2.63. The summed E-state index contributed by atoms with van der Waals surface area (Å²) in [4.78, 5) is 0. The summed E-state index contributed by atoms with van der Waals surface area (Å²) < 4.78 is 4.46. The fourth-order valence-electron chi connectivity index (χ4n) is 0.108. The van der Waals surface area contributed by atoms with Crippen molar-refractivity contribution in [1.82, 2.24) is 0 Å². The van der Waals surface area contributed by atoms with Gasteiger partial charge in [-0.25, -0.2) is 0 Å². The summed E-state index contributed by atoms with van der Waals surface area (Å²) in [5, 5.41) is 8.28. The minimum Gasteiger partial charge on any atom is -0.368 e. The first-order chi connectivity index (χ1) is 2.77. The van der Waals surface area contributed by atoms with E-state index < -0.39 is 6.29 Å². The predicted octanol–water partition coefficient (Wildman–Crippen LogP) is 0.229. The van der Waals surface area contributed by atoms with E-state index in [2.05, 4.69) is 17.4 Å². The van der Waals surface area contributed by atoms with Crippen molar-refractivity contribution in [2.45, 2.75) is 13.2 Å². The minimum absolute atomic E-state index is 0.275. The SMILES string of the molecule is CC(O)OCS. The van der Waals surface area contributed by atoms with Crippen molar-refractivity contribution in [3.8, 4) is 0 Å². The molecule has 0 aliphatic rings. The monoisotopic (exact) mass is 108 g/mol. The molecule has 0 heterocycles. The van der Waals surface area contributed by atoms with Crippen molar-refractivity contribution < 1.29 is 9.84 Å². The van der Waals surface area contributed by atoms with Crippen LogP contribution in [0.4, 0.5) is 0 Å². The molecule has 0 aromatic rings. The largest absolute Gasteiger partial charge is 0.368 e. The maximum absolute atomic E-state index is 8.28. The quantitative estimate of drug-likeness (QED) is 0.391. The van der Waals surface area contributed by atoms with Crippen LogP contribution in [-0.4, -0.2) is 17.3 Å². The molecule has 6 heavy (non-hydrogen) atoms. The van der Waals surface area contributed by atoms with Crippen LogP contribution in [0.5, 0.6) is 0 Å². The molecule has 0 aliphatic carbocycles. The van der Waals surface area contributed by atoms with Gasteiger partial charge in [-0.15, -0.1) is 0 Å². The summed E-state index contributed by atoms with van der Waals surface area (Å²) in [6.07, 6.45) is -0.678. The molecule has 1 atom stereocenters. The van der Waals surface area contributed by atoms with Gasteiger partial charge in [-0.3, -0.25) is 0 Å². The van der Waals surface area contributed by atoms with E-state index in [-0.39, 0.29) is 5.94 Å². The van der Waals surface area contributed by atoms with Crippen molar-refractivity contribution in [2.75, 3.05) is 5.94 Å². The molecule has 0 fully saturated rings. The Morgan fingerprint density at radius 1 is 2.00 bits per heavy atom. The Morgan fingerprint density at radius 3 is 2.50 bits per heavy atom. The fraction of sp³-hybridized carbons (Fsp3) is 1.00. The van der Waals surface area contributed by atoms with E-state index >= 15 is 0 Å². The first-order valence-electron chi connectivity index (χ1n) is 1.68. The van der Waals surface area contributed by atoms with Crippen LogP contribution in [0.2, 0.25) is 0 Å². The van der Waals surface area contributed by atoms with Crippen molar-refractivity contribution >= 4 is 12.6 Å². The molecular formula is C3H8O2S. The van der Waals surface area contributed by atoms with Crippen LogP contribution in [0.25, 0.3) is 0 Å². The van der Waals surface area contributed by atoms with E-state index in [1.807, 2.05) is 0 Å². The summed E-state index contributed by atoms with van der Waals surface area (Å²) in [5.41, 5.74) is 0. The Kier molecular flexibility index (Phi) is 3.62. The molecule has 0 saturated carbocycles. The van der Waals surface area contributed by atoms with Crippen LogP contribution < -0.4 is 0 Å². The summed E-state index contributed by atoms with van der Waals surface area (Å²) in [5.74, 6) is 0.275.